The summed E-state index contributed by atoms with van der Waals surface area (Å²) in [6.07, 6.45) is -1.66. The molecule has 1 aliphatic rings. The molecule has 11 heteroatoms. The highest BCUT2D eigenvalue weighted by atomic mass is 32.2. The molecule has 2 aromatic rings. The van der Waals surface area contributed by atoms with Gasteiger partial charge in [-0.3, -0.25) is 0 Å². The minimum Gasteiger partial charge on any atom is -0.371 e. The second-order valence-electron chi connectivity index (χ2n) is 8.86. The molecule has 210 valence electrons. The van der Waals surface area contributed by atoms with Gasteiger partial charge in [0, 0.05) is 41.4 Å². The standard InChI is InChI=1S/C28H30F6N4S/c1-6-9-20(7-2)39-26-36-24-13-15-38(18(5)22(8-3)28(32,33)34)14-12-21(24)25(37-26)35-23-11-10-19(16-17(23)4)27(29,30)31/h6-11,16H,5,12-15H2,1-4H3,(H,35,36,37)/b9-6-,20-7+,22-8+. The average Bonchev–Trinajstić information content (AvgIpc) is 3.06. The van der Waals surface area contributed by atoms with E-state index in [-0.39, 0.29) is 18.8 Å². The van der Waals surface area contributed by atoms with E-state index >= 15 is 0 Å². The number of allylic oxidation sites excluding steroid dienone is 5. The van der Waals surface area contributed by atoms with Crippen molar-refractivity contribution < 1.29 is 26.3 Å². The van der Waals surface area contributed by atoms with E-state index in [0.29, 0.717) is 46.3 Å². The van der Waals surface area contributed by atoms with E-state index in [4.69, 9.17) is 4.98 Å². The maximum Gasteiger partial charge on any atom is 0.418 e. The molecule has 2 heterocycles. The minimum absolute atomic E-state index is 0.113. The molecule has 39 heavy (non-hydrogen) atoms. The fourth-order valence-corrected chi connectivity index (χ4v) is 5.05. The van der Waals surface area contributed by atoms with Gasteiger partial charge in [0.2, 0.25) is 0 Å². The monoisotopic (exact) mass is 568 g/mol. The number of anilines is 2. The van der Waals surface area contributed by atoms with Crippen molar-refractivity contribution in [3.05, 3.63) is 87.6 Å². The zero-order valence-electron chi connectivity index (χ0n) is 22.1. The lowest BCUT2D eigenvalue weighted by Crippen LogP contribution is -2.30. The van der Waals surface area contributed by atoms with E-state index < -0.39 is 23.5 Å². The molecular weight excluding hydrogens is 538 g/mol. The molecule has 1 N–H and O–H groups in total. The Labute approximate surface area is 228 Å². The Kier molecular flexibility index (Phi) is 9.58. The Morgan fingerprint density at radius 2 is 1.72 bits per heavy atom. The van der Waals surface area contributed by atoms with Gasteiger partial charge >= 0.3 is 12.4 Å². The number of nitrogens with zero attached hydrogens (tertiary/aromatic N) is 3. The summed E-state index contributed by atoms with van der Waals surface area (Å²) in [6.45, 7) is 10.9. The summed E-state index contributed by atoms with van der Waals surface area (Å²) in [5, 5.41) is 3.59. The number of hydrogen-bond donors (Lipinski definition) is 1. The van der Waals surface area contributed by atoms with E-state index in [9.17, 15) is 26.3 Å². The molecule has 0 aliphatic carbocycles. The van der Waals surface area contributed by atoms with Gasteiger partial charge < -0.3 is 10.2 Å². The zero-order chi connectivity index (χ0) is 29.0. The molecule has 0 saturated carbocycles. The molecule has 0 bridgehead atoms. The minimum atomic E-state index is -4.53. The van der Waals surface area contributed by atoms with E-state index in [2.05, 4.69) is 16.9 Å². The maximum atomic E-state index is 13.5. The highest BCUT2D eigenvalue weighted by Gasteiger charge is 2.37. The molecule has 1 aromatic heterocycles. The largest absolute Gasteiger partial charge is 0.418 e. The van der Waals surface area contributed by atoms with Gasteiger partial charge in [0.15, 0.2) is 5.16 Å². The normalized spacial score (nSPS) is 15.4. The quantitative estimate of drug-likeness (QED) is 0.157. The van der Waals surface area contributed by atoms with Crippen molar-refractivity contribution >= 4 is 23.3 Å². The predicted molar refractivity (Wildman–Crippen MR) is 144 cm³/mol. The number of aryl methyl sites for hydroxylation is 1. The summed E-state index contributed by atoms with van der Waals surface area (Å²) in [6, 6.07) is 3.41. The van der Waals surface area contributed by atoms with E-state index in [1.54, 1.807) is 11.8 Å². The smallest absolute Gasteiger partial charge is 0.371 e. The summed E-state index contributed by atoms with van der Waals surface area (Å²) in [5.41, 5.74) is 0.525. The summed E-state index contributed by atoms with van der Waals surface area (Å²) >= 11 is 1.32. The van der Waals surface area contributed by atoms with Gasteiger partial charge in [-0.15, -0.1) is 0 Å². The molecule has 0 spiro atoms. The van der Waals surface area contributed by atoms with Gasteiger partial charge in [-0.25, -0.2) is 9.97 Å². The molecule has 1 aliphatic heterocycles. The Morgan fingerprint density at radius 1 is 1.03 bits per heavy atom. The number of fused-ring (bicyclic) bond motifs is 1. The van der Waals surface area contributed by atoms with Crippen molar-refractivity contribution in [1.29, 1.82) is 0 Å². The third kappa shape index (κ3) is 7.46. The second kappa shape index (κ2) is 12.3. The third-order valence-electron chi connectivity index (χ3n) is 6.24. The Morgan fingerprint density at radius 3 is 2.28 bits per heavy atom. The van der Waals surface area contributed by atoms with Crippen LogP contribution in [0.3, 0.4) is 0 Å². The summed E-state index contributed by atoms with van der Waals surface area (Å²) < 4.78 is 80.2. The Balaban J connectivity index is 2.01. The van der Waals surface area contributed by atoms with Crippen molar-refractivity contribution in [2.45, 2.75) is 58.0 Å². The number of aromatic nitrogens is 2. The van der Waals surface area contributed by atoms with E-state index in [1.165, 1.54) is 24.8 Å². The van der Waals surface area contributed by atoms with Crippen LogP contribution in [-0.4, -0.2) is 34.1 Å². The van der Waals surface area contributed by atoms with Crippen LogP contribution in [0.1, 0.15) is 43.2 Å². The van der Waals surface area contributed by atoms with Crippen LogP contribution in [0.4, 0.5) is 37.8 Å². The SMILES string of the molecule is C=C(/C(=C\C)C(F)(F)F)N1CCc2nc(SC(/C=C\C)=C/C)nc(Nc3ccc(C(F)(F)F)cc3C)c2CC1. The molecule has 4 nitrogen and oxygen atoms in total. The van der Waals surface area contributed by atoms with Crippen LogP contribution in [0.25, 0.3) is 0 Å². The third-order valence-corrected chi connectivity index (χ3v) is 7.21. The van der Waals surface area contributed by atoms with E-state index in [0.717, 1.165) is 23.1 Å². The van der Waals surface area contributed by atoms with Crippen molar-refractivity contribution in [2.24, 2.45) is 0 Å². The zero-order valence-corrected chi connectivity index (χ0v) is 22.9. The van der Waals surface area contributed by atoms with Crippen LogP contribution in [0, 0.1) is 6.92 Å². The van der Waals surface area contributed by atoms with Gasteiger partial charge in [-0.2, -0.15) is 26.3 Å². The molecule has 0 saturated heterocycles. The number of rotatable bonds is 7. The first kappa shape index (κ1) is 30.3. The molecule has 0 fully saturated rings. The first-order chi connectivity index (χ1) is 18.3. The van der Waals surface area contributed by atoms with Gasteiger partial charge in [0.1, 0.15) is 5.82 Å². The predicted octanol–water partition coefficient (Wildman–Crippen LogP) is 8.54. The Hall–Kier alpha value is -3.21. The van der Waals surface area contributed by atoms with Crippen molar-refractivity contribution in [3.8, 4) is 0 Å². The first-order valence-corrected chi connectivity index (χ1v) is 13.1. The van der Waals surface area contributed by atoms with Crippen LogP contribution < -0.4 is 5.32 Å². The number of thioether (sulfide) groups is 1. The molecule has 0 radical (unpaired) electrons. The first-order valence-electron chi connectivity index (χ1n) is 12.3. The van der Waals surface area contributed by atoms with Crippen molar-refractivity contribution in [3.63, 3.8) is 0 Å². The lowest BCUT2D eigenvalue weighted by molar-refractivity contribution is -0.137. The van der Waals surface area contributed by atoms with Crippen molar-refractivity contribution in [1.82, 2.24) is 14.9 Å². The molecule has 0 unspecified atom stereocenters. The molecule has 0 amide bonds. The molecule has 1 aromatic carbocycles. The average molecular weight is 569 g/mol. The second-order valence-corrected chi connectivity index (χ2v) is 9.90. The van der Waals surface area contributed by atoms with Gasteiger partial charge in [0.25, 0.3) is 0 Å². The number of benzene rings is 1. The summed E-state index contributed by atoms with van der Waals surface area (Å²) in [4.78, 5) is 11.9. The number of alkyl halides is 6. The summed E-state index contributed by atoms with van der Waals surface area (Å²) in [5.74, 6) is 0.413. The lowest BCUT2D eigenvalue weighted by atomic mass is 10.1. The fourth-order valence-electron chi connectivity index (χ4n) is 4.23. The van der Waals surface area contributed by atoms with Gasteiger partial charge in [0.05, 0.1) is 16.8 Å². The van der Waals surface area contributed by atoms with Crippen LogP contribution in [0.2, 0.25) is 0 Å². The summed E-state index contributed by atoms with van der Waals surface area (Å²) in [7, 11) is 0. The van der Waals surface area contributed by atoms with Crippen molar-refractivity contribution in [2.75, 3.05) is 18.4 Å². The number of nitrogens with one attached hydrogen (secondary N) is 1. The maximum absolute atomic E-state index is 13.5. The van der Waals surface area contributed by atoms with E-state index in [1.807, 2.05) is 32.1 Å². The fraction of sp³-hybridized carbons (Fsp3) is 0.357. The highest BCUT2D eigenvalue weighted by Crippen LogP contribution is 2.36. The molecule has 0 atom stereocenters. The number of halogens is 6. The topological polar surface area (TPSA) is 41.1 Å². The lowest BCUT2D eigenvalue weighted by Gasteiger charge is -2.27. The van der Waals surface area contributed by atoms with Crippen LogP contribution in [0.5, 0.6) is 0 Å². The molecular formula is C28H30F6N4S. The van der Waals surface area contributed by atoms with Gasteiger partial charge in [-0.1, -0.05) is 42.6 Å². The van der Waals surface area contributed by atoms with Crippen LogP contribution in [-0.2, 0) is 19.0 Å². The van der Waals surface area contributed by atoms with Gasteiger partial charge in [-0.05, 0) is 57.9 Å². The van der Waals surface area contributed by atoms with Crippen LogP contribution in [0.15, 0.2) is 70.4 Å². The molecule has 3 rings (SSSR count). The highest BCUT2D eigenvalue weighted by molar-refractivity contribution is 8.03. The number of hydrogen-bond acceptors (Lipinski definition) is 5. The van der Waals surface area contributed by atoms with Crippen LogP contribution >= 0.6 is 11.8 Å². The Bertz CT molecular complexity index is 1310.